The Morgan fingerprint density at radius 1 is 1.14 bits per heavy atom. The van der Waals surface area contributed by atoms with Crippen molar-refractivity contribution in [1.29, 1.82) is 0 Å². The minimum atomic E-state index is 0.462. The average molecular weight is 412 g/mol. The number of rotatable bonds is 7. The molecule has 0 aliphatic heterocycles. The smallest absolute Gasteiger partial charge is 0.187 e. The highest BCUT2D eigenvalue weighted by atomic mass is 32.1. The maximum absolute atomic E-state index is 5.96. The first-order chi connectivity index (χ1) is 14.2. The van der Waals surface area contributed by atoms with Crippen LogP contribution in [0.1, 0.15) is 48.8 Å². The van der Waals surface area contributed by atoms with Crippen LogP contribution in [0.5, 0.6) is 11.5 Å². The summed E-state index contributed by atoms with van der Waals surface area (Å²) in [5.74, 6) is 1.38. The van der Waals surface area contributed by atoms with E-state index in [-0.39, 0.29) is 0 Å². The lowest BCUT2D eigenvalue weighted by atomic mass is 9.96. The summed E-state index contributed by atoms with van der Waals surface area (Å²) < 4.78 is 11.4. The molecule has 0 amide bonds. The third-order valence-electron chi connectivity index (χ3n) is 5.15. The Balaban J connectivity index is 1.54. The third-order valence-corrected chi connectivity index (χ3v) is 5.36. The van der Waals surface area contributed by atoms with Gasteiger partial charge in [0.05, 0.1) is 13.3 Å². The van der Waals surface area contributed by atoms with Crippen molar-refractivity contribution in [3.8, 4) is 11.5 Å². The van der Waals surface area contributed by atoms with Gasteiger partial charge in [-0.1, -0.05) is 43.5 Å². The van der Waals surface area contributed by atoms with Crippen LogP contribution in [-0.4, -0.2) is 24.5 Å². The van der Waals surface area contributed by atoms with E-state index < -0.39 is 0 Å². The van der Waals surface area contributed by atoms with Crippen molar-refractivity contribution in [2.45, 2.75) is 51.7 Å². The first-order valence-electron chi connectivity index (χ1n) is 10.1. The van der Waals surface area contributed by atoms with Crippen LogP contribution in [0.25, 0.3) is 0 Å². The maximum atomic E-state index is 5.96. The predicted octanol–water partition coefficient (Wildman–Crippen LogP) is 4.71. The van der Waals surface area contributed by atoms with Gasteiger partial charge in [0.1, 0.15) is 6.61 Å². The first-order valence-corrected chi connectivity index (χ1v) is 10.5. The van der Waals surface area contributed by atoms with Crippen molar-refractivity contribution in [2.24, 2.45) is 5.10 Å². The van der Waals surface area contributed by atoms with Crippen molar-refractivity contribution >= 4 is 23.5 Å². The molecule has 0 aromatic heterocycles. The fourth-order valence-electron chi connectivity index (χ4n) is 3.44. The van der Waals surface area contributed by atoms with Gasteiger partial charge in [0.2, 0.25) is 0 Å². The van der Waals surface area contributed by atoms with E-state index in [9.17, 15) is 0 Å². The fraction of sp³-hybridized carbons (Fsp3) is 0.391. The van der Waals surface area contributed by atoms with E-state index in [1.165, 1.54) is 37.7 Å². The molecule has 29 heavy (non-hydrogen) atoms. The molecular weight excluding hydrogens is 382 g/mol. The second kappa shape index (κ2) is 10.8. The lowest BCUT2D eigenvalue weighted by Gasteiger charge is -2.23. The molecular formula is C23H29N3O2S. The molecule has 5 nitrogen and oxygen atoms in total. The highest BCUT2D eigenvalue weighted by molar-refractivity contribution is 7.80. The third kappa shape index (κ3) is 6.46. The van der Waals surface area contributed by atoms with Crippen molar-refractivity contribution in [3.63, 3.8) is 0 Å². The van der Waals surface area contributed by atoms with Gasteiger partial charge in [0.25, 0.3) is 0 Å². The van der Waals surface area contributed by atoms with Gasteiger partial charge in [-0.15, -0.1) is 0 Å². The predicted molar refractivity (Wildman–Crippen MR) is 122 cm³/mol. The molecule has 0 saturated heterocycles. The largest absolute Gasteiger partial charge is 0.493 e. The number of ether oxygens (including phenoxy) is 2. The van der Waals surface area contributed by atoms with Crippen LogP contribution in [0.2, 0.25) is 0 Å². The second-order valence-electron chi connectivity index (χ2n) is 7.30. The summed E-state index contributed by atoms with van der Waals surface area (Å²) in [6.07, 6.45) is 7.92. The van der Waals surface area contributed by atoms with Crippen LogP contribution in [-0.2, 0) is 6.61 Å². The summed E-state index contributed by atoms with van der Waals surface area (Å²) in [7, 11) is 1.64. The van der Waals surface area contributed by atoms with E-state index in [0.29, 0.717) is 29.3 Å². The van der Waals surface area contributed by atoms with E-state index in [1.54, 1.807) is 13.3 Å². The normalized spacial score (nSPS) is 14.6. The molecule has 0 bridgehead atoms. The topological polar surface area (TPSA) is 54.9 Å². The summed E-state index contributed by atoms with van der Waals surface area (Å²) in [5.41, 5.74) is 6.17. The first kappa shape index (κ1) is 21.1. The number of methoxy groups -OCH3 is 1. The monoisotopic (exact) mass is 411 g/mol. The number of hydrogen-bond donors (Lipinski definition) is 2. The van der Waals surface area contributed by atoms with Crippen molar-refractivity contribution in [1.82, 2.24) is 10.7 Å². The van der Waals surface area contributed by atoms with Crippen molar-refractivity contribution in [2.75, 3.05) is 7.11 Å². The van der Waals surface area contributed by atoms with Crippen LogP contribution in [0.4, 0.5) is 0 Å². The Kier molecular flexibility index (Phi) is 7.87. The highest BCUT2D eigenvalue weighted by Gasteiger charge is 2.13. The fourth-order valence-corrected chi connectivity index (χ4v) is 3.66. The van der Waals surface area contributed by atoms with Gasteiger partial charge in [-0.3, -0.25) is 5.43 Å². The molecule has 2 aromatic carbocycles. The Hall–Kier alpha value is -2.60. The molecule has 2 N–H and O–H groups in total. The number of hydrogen-bond acceptors (Lipinski definition) is 4. The Morgan fingerprint density at radius 3 is 2.69 bits per heavy atom. The molecule has 1 saturated carbocycles. The summed E-state index contributed by atoms with van der Waals surface area (Å²) in [5, 5.41) is 8.15. The van der Waals surface area contributed by atoms with Crippen LogP contribution in [0.3, 0.4) is 0 Å². The molecule has 6 heteroatoms. The lowest BCUT2D eigenvalue weighted by Crippen LogP contribution is -2.40. The SMILES string of the molecule is COc1cc(/C=N/NC(=S)NC2CCCCC2)ccc1OCc1ccccc1C. The van der Waals surface area contributed by atoms with Crippen LogP contribution in [0, 0.1) is 6.92 Å². The van der Waals surface area contributed by atoms with Gasteiger partial charge in [-0.2, -0.15) is 5.10 Å². The minimum absolute atomic E-state index is 0.462. The number of aryl methyl sites for hydroxylation is 1. The number of benzene rings is 2. The zero-order valence-corrected chi connectivity index (χ0v) is 17.9. The number of hydrazone groups is 1. The Labute approximate surface area is 178 Å². The number of thiocarbonyl (C=S) groups is 1. The number of nitrogens with one attached hydrogen (secondary N) is 2. The molecule has 154 valence electrons. The quantitative estimate of drug-likeness (QED) is 0.392. The van der Waals surface area contributed by atoms with E-state index >= 15 is 0 Å². The van der Waals surface area contributed by atoms with Gasteiger partial charge >= 0.3 is 0 Å². The molecule has 2 aromatic rings. The highest BCUT2D eigenvalue weighted by Crippen LogP contribution is 2.28. The minimum Gasteiger partial charge on any atom is -0.493 e. The van der Waals surface area contributed by atoms with E-state index in [4.69, 9.17) is 21.7 Å². The number of nitrogens with zero attached hydrogens (tertiary/aromatic N) is 1. The molecule has 1 aliphatic rings. The van der Waals surface area contributed by atoms with Crippen LogP contribution < -0.4 is 20.2 Å². The van der Waals surface area contributed by atoms with E-state index in [0.717, 1.165) is 11.1 Å². The van der Waals surface area contributed by atoms with Gasteiger partial charge in [0.15, 0.2) is 16.6 Å². The molecule has 1 fully saturated rings. The molecule has 1 aliphatic carbocycles. The van der Waals surface area contributed by atoms with Crippen molar-refractivity contribution in [3.05, 3.63) is 59.2 Å². The second-order valence-corrected chi connectivity index (χ2v) is 7.71. The van der Waals surface area contributed by atoms with Crippen molar-refractivity contribution < 1.29 is 9.47 Å². The van der Waals surface area contributed by atoms with Gasteiger partial charge < -0.3 is 14.8 Å². The van der Waals surface area contributed by atoms with Gasteiger partial charge in [0, 0.05) is 6.04 Å². The standard InChI is InChI=1S/C23H29N3O2S/c1-17-8-6-7-9-19(17)16-28-21-13-12-18(14-22(21)27-2)15-24-26-23(29)25-20-10-4-3-5-11-20/h6-9,12-15,20H,3-5,10-11,16H2,1-2H3,(H2,25,26,29)/b24-15+. The maximum Gasteiger partial charge on any atom is 0.187 e. The average Bonchev–Trinajstić information content (AvgIpc) is 2.74. The molecule has 3 rings (SSSR count). The van der Waals surface area contributed by atoms with Crippen LogP contribution >= 0.6 is 12.2 Å². The Morgan fingerprint density at radius 2 is 1.93 bits per heavy atom. The van der Waals surface area contributed by atoms with E-state index in [2.05, 4.69) is 34.9 Å². The Bertz CT molecular complexity index is 848. The van der Waals surface area contributed by atoms with Gasteiger partial charge in [-0.05, 0) is 66.9 Å². The molecule has 0 unspecified atom stereocenters. The summed E-state index contributed by atoms with van der Waals surface area (Å²) >= 11 is 5.33. The molecule has 0 atom stereocenters. The lowest BCUT2D eigenvalue weighted by molar-refractivity contribution is 0.284. The summed E-state index contributed by atoms with van der Waals surface area (Å²) in [4.78, 5) is 0. The molecule has 0 spiro atoms. The summed E-state index contributed by atoms with van der Waals surface area (Å²) in [6, 6.07) is 14.4. The van der Waals surface area contributed by atoms with E-state index in [1.807, 2.05) is 30.3 Å². The zero-order chi connectivity index (χ0) is 20.5. The summed E-state index contributed by atoms with van der Waals surface area (Å²) in [6.45, 7) is 2.58. The molecule has 0 radical (unpaired) electrons. The zero-order valence-electron chi connectivity index (χ0n) is 17.1. The van der Waals surface area contributed by atoms with Gasteiger partial charge in [-0.25, -0.2) is 0 Å². The molecule has 0 heterocycles. The van der Waals surface area contributed by atoms with Crippen LogP contribution in [0.15, 0.2) is 47.6 Å².